The van der Waals surface area contributed by atoms with Gasteiger partial charge in [0.1, 0.15) is 10.8 Å². The Labute approximate surface area is 150 Å². The summed E-state index contributed by atoms with van der Waals surface area (Å²) in [4.78, 5) is 9.36. The molecular formula is C12H6Br2Cl2F2N2O2. The summed E-state index contributed by atoms with van der Waals surface area (Å²) in [6, 6.07) is 5.06. The standard InChI is InChI=1S/C6H2BrClFNO2.C6H4BrClFN/c7-3-1-4(8)6(10(11)12)5(9)2-3;7-3-1-4(8)6(10)5(9)2-3/h1-2H;1-2H,10H2. The van der Waals surface area contributed by atoms with Gasteiger partial charge in [0, 0.05) is 8.95 Å². The fourth-order valence-electron chi connectivity index (χ4n) is 1.26. The molecule has 22 heavy (non-hydrogen) atoms. The molecule has 2 aromatic rings. The van der Waals surface area contributed by atoms with Gasteiger partial charge in [-0.2, -0.15) is 4.39 Å². The second-order valence-corrected chi connectivity index (χ2v) is 6.40. The number of halogens is 6. The van der Waals surface area contributed by atoms with E-state index in [1.54, 1.807) is 6.07 Å². The molecule has 0 aliphatic rings. The van der Waals surface area contributed by atoms with E-state index >= 15 is 0 Å². The van der Waals surface area contributed by atoms with Crippen LogP contribution in [0.5, 0.6) is 0 Å². The van der Waals surface area contributed by atoms with Crippen LogP contribution in [0.3, 0.4) is 0 Å². The molecular weight excluding hydrogens is 473 g/mol. The summed E-state index contributed by atoms with van der Waals surface area (Å²) in [5, 5.41) is 10.2. The van der Waals surface area contributed by atoms with Crippen LogP contribution >= 0.6 is 55.1 Å². The van der Waals surface area contributed by atoms with E-state index in [9.17, 15) is 18.9 Å². The maximum Gasteiger partial charge on any atom is 0.323 e. The molecule has 0 bridgehead atoms. The number of nitrogens with zero attached hydrogens (tertiary/aromatic N) is 1. The van der Waals surface area contributed by atoms with Crippen molar-refractivity contribution in [2.24, 2.45) is 0 Å². The van der Waals surface area contributed by atoms with Crippen molar-refractivity contribution in [2.45, 2.75) is 0 Å². The van der Waals surface area contributed by atoms with Gasteiger partial charge in [-0.25, -0.2) is 4.39 Å². The van der Waals surface area contributed by atoms with Crippen molar-refractivity contribution in [3.8, 4) is 0 Å². The Bertz CT molecular complexity index is 686. The maximum atomic E-state index is 12.8. The summed E-state index contributed by atoms with van der Waals surface area (Å²) in [5.41, 5.74) is 4.52. The van der Waals surface area contributed by atoms with E-state index in [4.69, 9.17) is 28.9 Å². The number of rotatable bonds is 1. The van der Waals surface area contributed by atoms with E-state index in [0.717, 1.165) is 6.07 Å². The average molecular weight is 479 g/mol. The van der Waals surface area contributed by atoms with Crippen LogP contribution in [0, 0.1) is 21.7 Å². The maximum absolute atomic E-state index is 12.8. The van der Waals surface area contributed by atoms with Crippen LogP contribution < -0.4 is 5.73 Å². The van der Waals surface area contributed by atoms with Crippen LogP contribution in [0.1, 0.15) is 0 Å². The molecule has 0 radical (unpaired) electrons. The average Bonchev–Trinajstić information content (AvgIpc) is 2.34. The first-order chi connectivity index (χ1) is 10.1. The number of anilines is 1. The molecule has 0 fully saturated rings. The van der Waals surface area contributed by atoms with Gasteiger partial charge in [-0.05, 0) is 24.3 Å². The molecule has 0 saturated heterocycles. The highest BCUT2D eigenvalue weighted by Crippen LogP contribution is 2.30. The number of benzene rings is 2. The van der Waals surface area contributed by atoms with Gasteiger partial charge in [0.15, 0.2) is 0 Å². The van der Waals surface area contributed by atoms with Crippen molar-refractivity contribution in [3.63, 3.8) is 0 Å². The lowest BCUT2D eigenvalue weighted by molar-refractivity contribution is -0.387. The van der Waals surface area contributed by atoms with Crippen LogP contribution in [-0.2, 0) is 0 Å². The highest BCUT2D eigenvalue weighted by atomic mass is 79.9. The number of nitrogens with two attached hydrogens (primary N) is 1. The zero-order chi connectivity index (χ0) is 17.0. The van der Waals surface area contributed by atoms with Crippen molar-refractivity contribution in [2.75, 3.05) is 5.73 Å². The lowest BCUT2D eigenvalue weighted by atomic mass is 10.3. The minimum Gasteiger partial charge on any atom is -0.395 e. The van der Waals surface area contributed by atoms with E-state index in [1.165, 1.54) is 12.1 Å². The zero-order valence-corrected chi connectivity index (χ0v) is 15.1. The Morgan fingerprint density at radius 1 is 1.00 bits per heavy atom. The van der Waals surface area contributed by atoms with Gasteiger partial charge in [-0.1, -0.05) is 55.1 Å². The van der Waals surface area contributed by atoms with E-state index in [-0.39, 0.29) is 15.7 Å². The van der Waals surface area contributed by atoms with Crippen LogP contribution in [0.25, 0.3) is 0 Å². The van der Waals surface area contributed by atoms with Crippen LogP contribution in [0.15, 0.2) is 33.2 Å². The number of hydrogen-bond acceptors (Lipinski definition) is 3. The van der Waals surface area contributed by atoms with Crippen molar-refractivity contribution in [1.29, 1.82) is 0 Å². The number of nitrogen functional groups attached to an aromatic ring is 1. The Hall–Kier alpha value is -0.960. The lowest BCUT2D eigenvalue weighted by Gasteiger charge is -1.98. The summed E-state index contributed by atoms with van der Waals surface area (Å²) in [7, 11) is 0. The predicted molar refractivity (Wildman–Crippen MR) is 89.3 cm³/mol. The normalized spacial score (nSPS) is 9.91. The molecule has 0 aliphatic carbocycles. The van der Waals surface area contributed by atoms with Gasteiger partial charge in [-0.15, -0.1) is 0 Å². The topological polar surface area (TPSA) is 69.2 Å². The SMILES string of the molecule is Nc1c(F)cc(Br)cc1Cl.O=[N+]([O-])c1c(F)cc(Br)cc1Cl. The van der Waals surface area contributed by atoms with Crippen molar-refractivity contribution >= 4 is 66.4 Å². The summed E-state index contributed by atoms with van der Waals surface area (Å²) in [6.45, 7) is 0. The third-order valence-electron chi connectivity index (χ3n) is 2.21. The van der Waals surface area contributed by atoms with E-state index in [1.807, 2.05) is 0 Å². The molecule has 2 aromatic carbocycles. The fraction of sp³-hybridized carbons (Fsp3) is 0. The van der Waals surface area contributed by atoms with Gasteiger partial charge in [0.05, 0.1) is 15.6 Å². The van der Waals surface area contributed by atoms with Crippen molar-refractivity contribution in [1.82, 2.24) is 0 Å². The summed E-state index contributed by atoms with van der Waals surface area (Å²) in [5.74, 6) is -1.45. The smallest absolute Gasteiger partial charge is 0.323 e. The Morgan fingerprint density at radius 2 is 1.45 bits per heavy atom. The minimum absolute atomic E-state index is 0.00938. The highest BCUT2D eigenvalue weighted by molar-refractivity contribution is 9.10. The molecule has 118 valence electrons. The van der Waals surface area contributed by atoms with Gasteiger partial charge >= 0.3 is 5.69 Å². The summed E-state index contributed by atoms with van der Waals surface area (Å²) in [6.07, 6.45) is 0. The molecule has 10 heteroatoms. The first-order valence-electron chi connectivity index (χ1n) is 5.32. The molecule has 2 rings (SSSR count). The quantitative estimate of drug-likeness (QED) is 0.312. The molecule has 0 aliphatic heterocycles. The second-order valence-electron chi connectivity index (χ2n) is 3.76. The number of nitro groups is 1. The van der Waals surface area contributed by atoms with Gasteiger partial charge in [-0.3, -0.25) is 10.1 Å². The van der Waals surface area contributed by atoms with Crippen molar-refractivity contribution < 1.29 is 13.7 Å². The Kier molecular flexibility index (Phi) is 6.98. The third kappa shape index (κ3) is 5.05. The van der Waals surface area contributed by atoms with Gasteiger partial charge in [0.25, 0.3) is 0 Å². The summed E-state index contributed by atoms with van der Waals surface area (Å²) >= 11 is 17.0. The second kappa shape index (κ2) is 8.05. The monoisotopic (exact) mass is 476 g/mol. The fourth-order valence-corrected chi connectivity index (χ4v) is 2.87. The minimum atomic E-state index is -0.945. The van der Waals surface area contributed by atoms with Crippen LogP contribution in [0.4, 0.5) is 20.2 Å². The van der Waals surface area contributed by atoms with Crippen LogP contribution in [-0.4, -0.2) is 4.92 Å². The largest absolute Gasteiger partial charge is 0.395 e. The van der Waals surface area contributed by atoms with Crippen molar-refractivity contribution in [3.05, 3.63) is 65.0 Å². The zero-order valence-electron chi connectivity index (χ0n) is 10.4. The predicted octanol–water partition coefficient (Wildman–Crippen LogP) is 5.97. The molecule has 0 atom stereocenters. The highest BCUT2D eigenvalue weighted by Gasteiger charge is 2.19. The van der Waals surface area contributed by atoms with E-state index in [0.29, 0.717) is 8.95 Å². The molecule has 4 nitrogen and oxygen atoms in total. The number of nitro benzene ring substituents is 1. The van der Waals surface area contributed by atoms with Gasteiger partial charge < -0.3 is 5.73 Å². The molecule has 0 unspecified atom stereocenters. The van der Waals surface area contributed by atoms with E-state index in [2.05, 4.69) is 31.9 Å². The van der Waals surface area contributed by atoms with E-state index < -0.39 is 22.2 Å². The molecule has 0 heterocycles. The molecule has 0 amide bonds. The number of hydrogen-bond donors (Lipinski definition) is 1. The molecule has 0 aromatic heterocycles. The summed E-state index contributed by atoms with van der Waals surface area (Å²) < 4.78 is 26.4. The lowest BCUT2D eigenvalue weighted by Crippen LogP contribution is -1.93. The molecule has 0 spiro atoms. The first kappa shape index (κ1) is 19.1. The molecule has 0 saturated carbocycles. The Balaban J connectivity index is 0.000000224. The Morgan fingerprint density at radius 3 is 1.86 bits per heavy atom. The molecule has 2 N–H and O–H groups in total. The van der Waals surface area contributed by atoms with Gasteiger partial charge in [0.2, 0.25) is 5.82 Å². The third-order valence-corrected chi connectivity index (χ3v) is 3.72. The van der Waals surface area contributed by atoms with Crippen LogP contribution in [0.2, 0.25) is 10.0 Å². The first-order valence-corrected chi connectivity index (χ1v) is 7.66.